The zero-order valence-corrected chi connectivity index (χ0v) is 20.5. The van der Waals surface area contributed by atoms with Gasteiger partial charge in [0.1, 0.15) is 12.1 Å². The summed E-state index contributed by atoms with van der Waals surface area (Å²) >= 11 is 0. The van der Waals surface area contributed by atoms with Crippen LogP contribution in [0.3, 0.4) is 0 Å². The van der Waals surface area contributed by atoms with Crippen LogP contribution >= 0.6 is 0 Å². The highest BCUT2D eigenvalue weighted by atomic mass is 16.4. The first-order valence-corrected chi connectivity index (χ1v) is 12.7. The van der Waals surface area contributed by atoms with Crippen molar-refractivity contribution in [3.05, 3.63) is 65.5 Å². The van der Waals surface area contributed by atoms with E-state index in [-0.39, 0.29) is 18.9 Å². The van der Waals surface area contributed by atoms with Crippen molar-refractivity contribution in [2.45, 2.75) is 69.9 Å². The normalized spacial score (nSPS) is 16.9. The molecule has 2 heterocycles. The number of nitrogens with zero attached hydrogens (tertiary/aromatic N) is 1. The third-order valence-electron chi connectivity index (χ3n) is 6.88. The lowest BCUT2D eigenvalue weighted by Crippen LogP contribution is -2.48. The van der Waals surface area contributed by atoms with E-state index in [1.54, 1.807) is 0 Å². The van der Waals surface area contributed by atoms with Gasteiger partial charge in [-0.15, -0.1) is 0 Å². The number of carbonyl (C=O) groups is 3. The number of carbonyl (C=O) groups excluding carboxylic acids is 2. The average molecular weight is 491 g/mol. The standard InChI is InChI=1S/C28H34N4O4/c1-18-21-10-4-6-12-23(21)31-26(18)27(34)32-24(28(35)36)16-17-29-25(33)13-7-3-9-20-15-14-19-8-2-5-11-22(19)30-20/h4,6,10,12,14-15,24,26,31H,1-3,5,7-9,11,13,16-17H2,(H,29,33)(H,32,34)(H,35,36). The van der Waals surface area contributed by atoms with Crippen molar-refractivity contribution in [2.75, 3.05) is 11.9 Å². The monoisotopic (exact) mass is 490 g/mol. The minimum absolute atomic E-state index is 0.0952. The summed E-state index contributed by atoms with van der Waals surface area (Å²) in [6.45, 7) is 4.15. The van der Waals surface area contributed by atoms with Crippen molar-refractivity contribution < 1.29 is 19.5 Å². The Labute approximate surface area is 211 Å². The molecule has 190 valence electrons. The quantitative estimate of drug-likeness (QED) is 0.359. The molecule has 1 aliphatic heterocycles. The van der Waals surface area contributed by atoms with E-state index < -0.39 is 24.0 Å². The maximum atomic E-state index is 12.7. The van der Waals surface area contributed by atoms with Gasteiger partial charge in [-0.3, -0.25) is 14.6 Å². The molecule has 36 heavy (non-hydrogen) atoms. The van der Waals surface area contributed by atoms with Crippen LogP contribution in [0.5, 0.6) is 0 Å². The molecule has 2 unspecified atom stereocenters. The molecule has 2 aliphatic rings. The Morgan fingerprint density at radius 1 is 1.11 bits per heavy atom. The average Bonchev–Trinajstić information content (AvgIpc) is 3.22. The summed E-state index contributed by atoms with van der Waals surface area (Å²) in [4.78, 5) is 41.4. The molecule has 1 aromatic carbocycles. The highest BCUT2D eigenvalue weighted by Crippen LogP contribution is 2.33. The zero-order chi connectivity index (χ0) is 25.5. The molecule has 2 amide bonds. The van der Waals surface area contributed by atoms with Gasteiger partial charge in [0, 0.05) is 35.6 Å². The van der Waals surface area contributed by atoms with Crippen molar-refractivity contribution in [3.8, 4) is 0 Å². The second kappa shape index (κ2) is 11.8. The number of carboxylic acids is 1. The summed E-state index contributed by atoms with van der Waals surface area (Å²) in [5.74, 6) is -1.72. The fourth-order valence-electron chi connectivity index (χ4n) is 4.83. The summed E-state index contributed by atoms with van der Waals surface area (Å²) < 4.78 is 0. The SMILES string of the molecule is C=C1c2ccccc2NC1C(=O)NC(CCNC(=O)CCCCc1ccc2c(n1)CCCC2)C(=O)O. The van der Waals surface area contributed by atoms with Gasteiger partial charge in [0.25, 0.3) is 0 Å². The van der Waals surface area contributed by atoms with Crippen LogP contribution in [-0.4, -0.2) is 46.5 Å². The predicted octanol–water partition coefficient (Wildman–Crippen LogP) is 3.26. The van der Waals surface area contributed by atoms with Gasteiger partial charge in [-0.25, -0.2) is 4.79 Å². The Morgan fingerprint density at radius 3 is 2.72 bits per heavy atom. The summed E-state index contributed by atoms with van der Waals surface area (Å²) in [6, 6.07) is 9.90. The Hall–Kier alpha value is -3.68. The van der Waals surface area contributed by atoms with E-state index in [0.717, 1.165) is 49.0 Å². The number of carboxylic acid groups (broad SMARTS) is 1. The number of fused-ring (bicyclic) bond motifs is 2. The number of benzene rings is 1. The Kier molecular flexibility index (Phi) is 8.36. The van der Waals surface area contributed by atoms with E-state index in [2.05, 4.69) is 34.7 Å². The van der Waals surface area contributed by atoms with E-state index in [4.69, 9.17) is 4.98 Å². The van der Waals surface area contributed by atoms with Crippen molar-refractivity contribution in [3.63, 3.8) is 0 Å². The largest absolute Gasteiger partial charge is 0.480 e. The summed E-state index contributed by atoms with van der Waals surface area (Å²) in [7, 11) is 0. The van der Waals surface area contributed by atoms with Gasteiger partial charge in [0.15, 0.2) is 0 Å². The molecule has 2 atom stereocenters. The molecule has 1 aliphatic carbocycles. The number of nitrogens with one attached hydrogen (secondary N) is 3. The number of amides is 2. The van der Waals surface area contributed by atoms with Crippen molar-refractivity contribution >= 4 is 29.0 Å². The molecule has 8 nitrogen and oxygen atoms in total. The second-order valence-corrected chi connectivity index (χ2v) is 9.51. The van der Waals surface area contributed by atoms with E-state index in [1.807, 2.05) is 24.3 Å². The van der Waals surface area contributed by atoms with E-state index in [0.29, 0.717) is 12.0 Å². The van der Waals surface area contributed by atoms with Crippen molar-refractivity contribution in [1.82, 2.24) is 15.6 Å². The maximum Gasteiger partial charge on any atom is 0.326 e. The predicted molar refractivity (Wildman–Crippen MR) is 139 cm³/mol. The number of aliphatic carboxylic acids is 1. The zero-order valence-electron chi connectivity index (χ0n) is 20.5. The van der Waals surface area contributed by atoms with Gasteiger partial charge < -0.3 is 21.1 Å². The third kappa shape index (κ3) is 6.30. The molecule has 8 heteroatoms. The number of unbranched alkanes of at least 4 members (excludes halogenated alkanes) is 1. The molecule has 0 fully saturated rings. The van der Waals surface area contributed by atoms with Crippen LogP contribution in [0.2, 0.25) is 0 Å². The second-order valence-electron chi connectivity index (χ2n) is 9.51. The molecule has 0 bridgehead atoms. The lowest BCUT2D eigenvalue weighted by molar-refractivity contribution is -0.142. The molecule has 0 saturated carbocycles. The minimum atomic E-state index is -1.14. The highest BCUT2D eigenvalue weighted by molar-refractivity contribution is 6.04. The van der Waals surface area contributed by atoms with Crippen molar-refractivity contribution in [1.29, 1.82) is 0 Å². The van der Waals surface area contributed by atoms with Crippen LogP contribution in [0.25, 0.3) is 5.57 Å². The summed E-state index contributed by atoms with van der Waals surface area (Å²) in [5, 5.41) is 18.0. The molecule has 0 spiro atoms. The number of anilines is 1. The first-order valence-electron chi connectivity index (χ1n) is 12.7. The van der Waals surface area contributed by atoms with Gasteiger partial charge in [-0.05, 0) is 74.6 Å². The molecule has 4 rings (SSSR count). The van der Waals surface area contributed by atoms with Crippen LogP contribution in [0, 0.1) is 0 Å². The Balaban J connectivity index is 1.15. The Morgan fingerprint density at radius 2 is 1.92 bits per heavy atom. The fourth-order valence-corrected chi connectivity index (χ4v) is 4.83. The van der Waals surface area contributed by atoms with Crippen LogP contribution in [-0.2, 0) is 33.6 Å². The van der Waals surface area contributed by atoms with Gasteiger partial charge in [0.2, 0.25) is 11.8 Å². The Bertz CT molecular complexity index is 1150. The number of hydrogen-bond donors (Lipinski definition) is 4. The van der Waals surface area contributed by atoms with Gasteiger partial charge >= 0.3 is 5.97 Å². The van der Waals surface area contributed by atoms with Crippen LogP contribution in [0.15, 0.2) is 43.0 Å². The highest BCUT2D eigenvalue weighted by Gasteiger charge is 2.32. The smallest absolute Gasteiger partial charge is 0.326 e. The van der Waals surface area contributed by atoms with Gasteiger partial charge in [-0.1, -0.05) is 30.8 Å². The number of aryl methyl sites for hydroxylation is 3. The van der Waals surface area contributed by atoms with Crippen molar-refractivity contribution in [2.24, 2.45) is 0 Å². The molecule has 0 saturated heterocycles. The number of rotatable bonds is 11. The van der Waals surface area contributed by atoms with Gasteiger partial charge in [0.05, 0.1) is 0 Å². The maximum absolute atomic E-state index is 12.7. The van der Waals surface area contributed by atoms with E-state index in [9.17, 15) is 19.5 Å². The molecule has 1 aromatic heterocycles. The minimum Gasteiger partial charge on any atom is -0.480 e. The van der Waals surface area contributed by atoms with Crippen LogP contribution in [0.4, 0.5) is 5.69 Å². The van der Waals surface area contributed by atoms with E-state index >= 15 is 0 Å². The lowest BCUT2D eigenvalue weighted by atomic mass is 9.95. The van der Waals surface area contributed by atoms with Gasteiger partial charge in [-0.2, -0.15) is 0 Å². The number of hydrogen-bond acceptors (Lipinski definition) is 5. The van der Waals surface area contributed by atoms with Crippen LogP contribution < -0.4 is 16.0 Å². The fraction of sp³-hybridized carbons (Fsp3) is 0.429. The third-order valence-corrected chi connectivity index (χ3v) is 6.88. The summed E-state index contributed by atoms with van der Waals surface area (Å²) in [5.41, 5.74) is 5.93. The topological polar surface area (TPSA) is 120 Å². The first kappa shape index (κ1) is 25.4. The molecule has 4 N–H and O–H groups in total. The number of aromatic nitrogens is 1. The summed E-state index contributed by atoms with van der Waals surface area (Å²) in [6.07, 6.45) is 7.55. The molecular weight excluding hydrogens is 456 g/mol. The number of para-hydroxylation sites is 1. The first-order chi connectivity index (χ1) is 17.4. The molecule has 2 aromatic rings. The lowest BCUT2D eigenvalue weighted by Gasteiger charge is -2.19. The molecule has 0 radical (unpaired) electrons. The number of pyridine rings is 1. The molecular formula is C28H34N4O4. The van der Waals surface area contributed by atoms with E-state index in [1.165, 1.54) is 24.1 Å². The van der Waals surface area contributed by atoms with Crippen LogP contribution in [0.1, 0.15) is 61.0 Å².